The highest BCUT2D eigenvalue weighted by molar-refractivity contribution is 5.78. The SMILES string of the molecule is O=C(O)CC1CN(C(=O)CC2CCCCO2)C1. The number of carboxylic acid groups (broad SMARTS) is 1. The molecule has 0 saturated carbocycles. The zero-order chi connectivity index (χ0) is 12.3. The molecule has 0 aliphatic carbocycles. The van der Waals surface area contributed by atoms with E-state index in [9.17, 15) is 9.59 Å². The first kappa shape index (κ1) is 12.4. The largest absolute Gasteiger partial charge is 0.481 e. The van der Waals surface area contributed by atoms with Crippen LogP contribution in [0.15, 0.2) is 0 Å². The van der Waals surface area contributed by atoms with Gasteiger partial charge in [0.2, 0.25) is 5.91 Å². The molecule has 0 spiro atoms. The number of ether oxygens (including phenoxy) is 1. The first-order valence-electron chi connectivity index (χ1n) is 6.26. The molecule has 1 unspecified atom stereocenters. The molecule has 2 heterocycles. The van der Waals surface area contributed by atoms with Crippen molar-refractivity contribution in [3.63, 3.8) is 0 Å². The molecule has 0 radical (unpaired) electrons. The van der Waals surface area contributed by atoms with Crippen LogP contribution in [-0.2, 0) is 14.3 Å². The second-order valence-electron chi connectivity index (χ2n) is 4.96. The van der Waals surface area contributed by atoms with Gasteiger partial charge in [0.1, 0.15) is 0 Å². The molecule has 0 aromatic carbocycles. The van der Waals surface area contributed by atoms with Crippen LogP contribution < -0.4 is 0 Å². The number of hydrogen-bond acceptors (Lipinski definition) is 3. The van der Waals surface area contributed by atoms with Gasteiger partial charge in [-0.1, -0.05) is 0 Å². The molecular weight excluding hydrogens is 222 g/mol. The summed E-state index contributed by atoms with van der Waals surface area (Å²) in [7, 11) is 0. The Kier molecular flexibility index (Phi) is 3.99. The lowest BCUT2D eigenvalue weighted by molar-refractivity contribution is -0.147. The van der Waals surface area contributed by atoms with Gasteiger partial charge in [-0.05, 0) is 19.3 Å². The van der Waals surface area contributed by atoms with Crippen molar-refractivity contribution in [3.05, 3.63) is 0 Å². The van der Waals surface area contributed by atoms with E-state index < -0.39 is 5.97 Å². The lowest BCUT2D eigenvalue weighted by atomic mass is 9.95. The van der Waals surface area contributed by atoms with E-state index in [0.29, 0.717) is 19.5 Å². The highest BCUT2D eigenvalue weighted by atomic mass is 16.5. The molecule has 1 N–H and O–H groups in total. The van der Waals surface area contributed by atoms with Crippen LogP contribution in [0, 0.1) is 5.92 Å². The Labute approximate surface area is 101 Å². The van der Waals surface area contributed by atoms with E-state index in [4.69, 9.17) is 9.84 Å². The molecule has 2 saturated heterocycles. The Bertz CT molecular complexity index is 293. The average molecular weight is 241 g/mol. The van der Waals surface area contributed by atoms with Gasteiger partial charge >= 0.3 is 5.97 Å². The first-order valence-corrected chi connectivity index (χ1v) is 6.26. The third-order valence-electron chi connectivity index (χ3n) is 3.45. The molecule has 2 aliphatic rings. The van der Waals surface area contributed by atoms with Crippen molar-refractivity contribution < 1.29 is 19.4 Å². The van der Waals surface area contributed by atoms with Crippen molar-refractivity contribution in [2.75, 3.05) is 19.7 Å². The van der Waals surface area contributed by atoms with Crippen molar-refractivity contribution in [1.82, 2.24) is 4.90 Å². The van der Waals surface area contributed by atoms with E-state index in [1.165, 1.54) is 0 Å². The molecule has 2 aliphatic heterocycles. The van der Waals surface area contributed by atoms with Gasteiger partial charge in [0, 0.05) is 25.6 Å². The number of rotatable bonds is 4. The van der Waals surface area contributed by atoms with Gasteiger partial charge in [-0.15, -0.1) is 0 Å². The third-order valence-corrected chi connectivity index (χ3v) is 3.45. The number of aliphatic carboxylic acids is 1. The number of amides is 1. The van der Waals surface area contributed by atoms with Gasteiger partial charge < -0.3 is 14.7 Å². The van der Waals surface area contributed by atoms with Crippen LogP contribution in [0.3, 0.4) is 0 Å². The molecule has 1 amide bonds. The van der Waals surface area contributed by atoms with E-state index >= 15 is 0 Å². The lowest BCUT2D eigenvalue weighted by Gasteiger charge is -2.39. The molecule has 2 fully saturated rings. The third kappa shape index (κ3) is 3.43. The summed E-state index contributed by atoms with van der Waals surface area (Å²) in [6, 6.07) is 0. The number of carbonyl (C=O) groups excluding carboxylic acids is 1. The van der Waals surface area contributed by atoms with E-state index in [0.717, 1.165) is 25.9 Å². The van der Waals surface area contributed by atoms with Crippen molar-refractivity contribution >= 4 is 11.9 Å². The second-order valence-corrected chi connectivity index (χ2v) is 4.96. The van der Waals surface area contributed by atoms with Crippen molar-refractivity contribution in [1.29, 1.82) is 0 Å². The monoisotopic (exact) mass is 241 g/mol. The summed E-state index contributed by atoms with van der Waals surface area (Å²) in [5, 5.41) is 8.61. The van der Waals surface area contributed by atoms with Crippen LogP contribution in [0.5, 0.6) is 0 Å². The fraction of sp³-hybridized carbons (Fsp3) is 0.833. The Morgan fingerprint density at radius 2 is 2.00 bits per heavy atom. The van der Waals surface area contributed by atoms with Crippen LogP contribution in [0.2, 0.25) is 0 Å². The van der Waals surface area contributed by atoms with E-state index in [-0.39, 0.29) is 24.3 Å². The summed E-state index contributed by atoms with van der Waals surface area (Å²) in [4.78, 5) is 24.0. The van der Waals surface area contributed by atoms with Crippen LogP contribution in [0.4, 0.5) is 0 Å². The van der Waals surface area contributed by atoms with Crippen LogP contribution >= 0.6 is 0 Å². The quantitative estimate of drug-likeness (QED) is 0.793. The van der Waals surface area contributed by atoms with Crippen LogP contribution in [0.25, 0.3) is 0 Å². The van der Waals surface area contributed by atoms with Gasteiger partial charge in [0.05, 0.1) is 18.9 Å². The van der Waals surface area contributed by atoms with E-state index in [1.54, 1.807) is 4.90 Å². The van der Waals surface area contributed by atoms with Crippen LogP contribution in [-0.4, -0.2) is 47.7 Å². The Morgan fingerprint density at radius 3 is 2.59 bits per heavy atom. The minimum Gasteiger partial charge on any atom is -0.481 e. The molecule has 0 bridgehead atoms. The zero-order valence-corrected chi connectivity index (χ0v) is 9.93. The maximum absolute atomic E-state index is 11.8. The smallest absolute Gasteiger partial charge is 0.303 e. The molecule has 96 valence electrons. The first-order chi connectivity index (χ1) is 8.15. The lowest BCUT2D eigenvalue weighted by Crippen LogP contribution is -2.51. The molecule has 17 heavy (non-hydrogen) atoms. The average Bonchev–Trinajstić information content (AvgIpc) is 2.23. The molecule has 2 rings (SSSR count). The van der Waals surface area contributed by atoms with Gasteiger partial charge in [0.15, 0.2) is 0 Å². The summed E-state index contributed by atoms with van der Waals surface area (Å²) in [5.41, 5.74) is 0. The summed E-state index contributed by atoms with van der Waals surface area (Å²) < 4.78 is 5.52. The summed E-state index contributed by atoms with van der Waals surface area (Å²) in [6.07, 6.45) is 3.91. The number of likely N-dealkylation sites (tertiary alicyclic amines) is 1. The van der Waals surface area contributed by atoms with Crippen molar-refractivity contribution in [2.24, 2.45) is 5.92 Å². The van der Waals surface area contributed by atoms with Gasteiger partial charge in [-0.3, -0.25) is 9.59 Å². The number of carbonyl (C=O) groups is 2. The summed E-state index contributed by atoms with van der Waals surface area (Å²) in [6.45, 7) is 1.95. The number of nitrogens with zero attached hydrogens (tertiary/aromatic N) is 1. The fourth-order valence-corrected chi connectivity index (χ4v) is 2.44. The van der Waals surface area contributed by atoms with Crippen molar-refractivity contribution in [3.8, 4) is 0 Å². The number of hydrogen-bond donors (Lipinski definition) is 1. The van der Waals surface area contributed by atoms with E-state index in [2.05, 4.69) is 0 Å². The molecule has 0 aromatic rings. The Morgan fingerprint density at radius 1 is 1.24 bits per heavy atom. The molecule has 1 atom stereocenters. The normalized spacial score (nSPS) is 25.4. The predicted molar refractivity (Wildman–Crippen MR) is 60.5 cm³/mol. The Balaban J connectivity index is 1.66. The highest BCUT2D eigenvalue weighted by Crippen LogP contribution is 2.22. The molecule has 5 heteroatoms. The Hall–Kier alpha value is -1.10. The molecule has 0 aromatic heterocycles. The second kappa shape index (κ2) is 5.49. The minimum atomic E-state index is -0.780. The standard InChI is InChI=1S/C12H19NO4/c14-11(6-10-3-1-2-4-17-10)13-7-9(8-13)5-12(15)16/h9-10H,1-8H2,(H,15,16). The molecule has 5 nitrogen and oxygen atoms in total. The fourth-order valence-electron chi connectivity index (χ4n) is 2.44. The van der Waals surface area contributed by atoms with Crippen LogP contribution in [0.1, 0.15) is 32.1 Å². The maximum atomic E-state index is 11.8. The predicted octanol–water partition coefficient (Wildman–Crippen LogP) is 0.879. The minimum absolute atomic E-state index is 0.0785. The molecular formula is C12H19NO4. The van der Waals surface area contributed by atoms with Gasteiger partial charge in [0.25, 0.3) is 0 Å². The van der Waals surface area contributed by atoms with Gasteiger partial charge in [-0.25, -0.2) is 0 Å². The maximum Gasteiger partial charge on any atom is 0.303 e. The summed E-state index contributed by atoms with van der Waals surface area (Å²) in [5.74, 6) is -0.528. The van der Waals surface area contributed by atoms with Crippen molar-refractivity contribution in [2.45, 2.75) is 38.2 Å². The number of carboxylic acids is 1. The topological polar surface area (TPSA) is 66.8 Å². The van der Waals surface area contributed by atoms with E-state index in [1.807, 2.05) is 0 Å². The summed E-state index contributed by atoms with van der Waals surface area (Å²) >= 11 is 0. The highest BCUT2D eigenvalue weighted by Gasteiger charge is 2.33. The van der Waals surface area contributed by atoms with Gasteiger partial charge in [-0.2, -0.15) is 0 Å². The zero-order valence-electron chi connectivity index (χ0n) is 9.93.